The molecule has 1 rings (SSSR count). The van der Waals surface area contributed by atoms with E-state index in [2.05, 4.69) is 0 Å². The quantitative estimate of drug-likeness (QED) is 0.706. The van der Waals surface area contributed by atoms with Gasteiger partial charge in [0.25, 0.3) is 11.8 Å². The van der Waals surface area contributed by atoms with E-state index in [1.165, 1.54) is 4.90 Å². The first-order valence-corrected chi connectivity index (χ1v) is 6.09. The molecule has 1 aliphatic rings. The third kappa shape index (κ3) is 3.80. The number of nitrogens with zero attached hydrogens (tertiary/aromatic N) is 1. The van der Waals surface area contributed by atoms with Gasteiger partial charge in [-0.05, 0) is 19.8 Å². The Bertz CT molecular complexity index is 325. The van der Waals surface area contributed by atoms with Crippen molar-refractivity contribution in [2.24, 2.45) is 5.92 Å². The monoisotopic (exact) mass is 257 g/mol. The number of hydrogen-bond donors (Lipinski definition) is 1. The third-order valence-corrected chi connectivity index (χ3v) is 3.11. The average molecular weight is 257 g/mol. The van der Waals surface area contributed by atoms with Gasteiger partial charge in [0.15, 0.2) is 0 Å². The molecule has 1 fully saturated rings. The van der Waals surface area contributed by atoms with Gasteiger partial charge >= 0.3 is 5.97 Å². The molecular weight excluding hydrogens is 238 g/mol. The molecule has 0 aromatic carbocycles. The Labute approximate surface area is 106 Å². The van der Waals surface area contributed by atoms with E-state index in [9.17, 15) is 14.4 Å². The highest BCUT2D eigenvalue weighted by Gasteiger charge is 2.30. The number of carbonyl (C=O) groups is 3. The summed E-state index contributed by atoms with van der Waals surface area (Å²) in [6, 6.07) is -0.199. The lowest BCUT2D eigenvalue weighted by Crippen LogP contribution is -2.50. The van der Waals surface area contributed by atoms with Gasteiger partial charge in [-0.2, -0.15) is 0 Å². The summed E-state index contributed by atoms with van der Waals surface area (Å²) in [7, 11) is 0. The molecule has 0 saturated carbocycles. The van der Waals surface area contributed by atoms with Gasteiger partial charge in [-0.1, -0.05) is 13.3 Å². The zero-order valence-electron chi connectivity index (χ0n) is 10.7. The normalized spacial score (nSPS) is 19.8. The Morgan fingerprint density at radius 3 is 2.33 bits per heavy atom. The summed E-state index contributed by atoms with van der Waals surface area (Å²) < 4.78 is 4.83. The Morgan fingerprint density at radius 1 is 1.28 bits per heavy atom. The van der Waals surface area contributed by atoms with Crippen LogP contribution in [0.5, 0.6) is 0 Å². The second-order valence-electron chi connectivity index (χ2n) is 4.67. The second kappa shape index (κ2) is 6.49. The molecule has 2 unspecified atom stereocenters. The van der Waals surface area contributed by atoms with Crippen molar-refractivity contribution in [1.29, 1.82) is 0 Å². The zero-order chi connectivity index (χ0) is 13.7. The molecule has 18 heavy (non-hydrogen) atoms. The molecule has 0 aromatic rings. The number of carbonyl (C=O) groups excluding carboxylic acids is 2. The van der Waals surface area contributed by atoms with Gasteiger partial charge in [0.2, 0.25) is 0 Å². The highest BCUT2D eigenvalue weighted by Crippen LogP contribution is 2.15. The van der Waals surface area contributed by atoms with Gasteiger partial charge < -0.3 is 9.84 Å². The molecule has 1 N–H and O–H groups in total. The van der Waals surface area contributed by atoms with E-state index in [4.69, 9.17) is 9.84 Å². The summed E-state index contributed by atoms with van der Waals surface area (Å²) in [5.74, 6) is -1.84. The van der Waals surface area contributed by atoms with Crippen molar-refractivity contribution < 1.29 is 24.2 Å². The van der Waals surface area contributed by atoms with Crippen LogP contribution in [0.2, 0.25) is 0 Å². The SMILES string of the molecule is CC(CCCC(C)N1C(=O)COCC1=O)C(=O)O. The first kappa shape index (κ1) is 14.6. The molecule has 102 valence electrons. The standard InChI is InChI=1S/C12H19NO5/c1-8(12(16)17)4-3-5-9(2)13-10(14)6-18-7-11(13)15/h8-9H,3-7H2,1-2H3,(H,16,17). The average Bonchev–Trinajstić information content (AvgIpc) is 2.28. The molecule has 1 saturated heterocycles. The van der Waals surface area contributed by atoms with E-state index >= 15 is 0 Å². The Kier molecular flexibility index (Phi) is 5.27. The largest absolute Gasteiger partial charge is 0.481 e. The fraction of sp³-hybridized carbons (Fsp3) is 0.750. The van der Waals surface area contributed by atoms with Crippen LogP contribution in [0.3, 0.4) is 0 Å². The molecule has 2 amide bonds. The minimum Gasteiger partial charge on any atom is -0.481 e. The lowest BCUT2D eigenvalue weighted by molar-refractivity contribution is -0.161. The molecule has 1 heterocycles. The fourth-order valence-electron chi connectivity index (χ4n) is 1.97. The number of amides is 2. The number of hydrogen-bond acceptors (Lipinski definition) is 4. The van der Waals surface area contributed by atoms with Gasteiger partial charge in [0, 0.05) is 6.04 Å². The van der Waals surface area contributed by atoms with Gasteiger partial charge in [-0.25, -0.2) is 0 Å². The summed E-state index contributed by atoms with van der Waals surface area (Å²) in [4.78, 5) is 35.0. The molecule has 0 bridgehead atoms. The van der Waals surface area contributed by atoms with Crippen LogP contribution in [0.1, 0.15) is 33.1 Å². The lowest BCUT2D eigenvalue weighted by atomic mass is 10.0. The van der Waals surface area contributed by atoms with E-state index in [1.54, 1.807) is 13.8 Å². The predicted molar refractivity (Wildman–Crippen MR) is 62.8 cm³/mol. The van der Waals surface area contributed by atoms with Crippen LogP contribution < -0.4 is 0 Å². The van der Waals surface area contributed by atoms with E-state index in [0.29, 0.717) is 19.3 Å². The summed E-state index contributed by atoms with van der Waals surface area (Å²) in [5.41, 5.74) is 0. The second-order valence-corrected chi connectivity index (χ2v) is 4.67. The Morgan fingerprint density at radius 2 is 1.83 bits per heavy atom. The van der Waals surface area contributed by atoms with Crippen LogP contribution >= 0.6 is 0 Å². The third-order valence-electron chi connectivity index (χ3n) is 3.11. The fourth-order valence-corrected chi connectivity index (χ4v) is 1.97. The number of morpholine rings is 1. The lowest BCUT2D eigenvalue weighted by Gasteiger charge is -2.30. The van der Waals surface area contributed by atoms with Crippen LogP contribution in [0.4, 0.5) is 0 Å². The summed E-state index contributed by atoms with van der Waals surface area (Å²) >= 11 is 0. The number of imide groups is 1. The van der Waals surface area contributed by atoms with E-state index in [1.807, 2.05) is 0 Å². The van der Waals surface area contributed by atoms with Crippen LogP contribution in [0, 0.1) is 5.92 Å². The van der Waals surface area contributed by atoms with Crippen molar-refractivity contribution in [3.8, 4) is 0 Å². The maximum atomic E-state index is 11.5. The van der Waals surface area contributed by atoms with Crippen molar-refractivity contribution >= 4 is 17.8 Å². The zero-order valence-corrected chi connectivity index (χ0v) is 10.7. The molecule has 0 radical (unpaired) electrons. The number of ether oxygens (including phenoxy) is 1. The van der Waals surface area contributed by atoms with Crippen molar-refractivity contribution in [3.63, 3.8) is 0 Å². The van der Waals surface area contributed by atoms with Crippen molar-refractivity contribution in [2.45, 2.75) is 39.2 Å². The number of rotatable bonds is 6. The van der Waals surface area contributed by atoms with E-state index < -0.39 is 11.9 Å². The molecule has 6 nitrogen and oxygen atoms in total. The maximum Gasteiger partial charge on any atom is 0.306 e. The van der Waals surface area contributed by atoms with Crippen molar-refractivity contribution in [1.82, 2.24) is 4.90 Å². The minimum atomic E-state index is -0.818. The van der Waals surface area contributed by atoms with Gasteiger partial charge in [0.05, 0.1) is 5.92 Å². The molecule has 1 aliphatic heterocycles. The summed E-state index contributed by atoms with van der Waals surface area (Å²) in [6.45, 7) is 3.34. The number of carboxylic acid groups (broad SMARTS) is 1. The molecule has 0 aliphatic carbocycles. The van der Waals surface area contributed by atoms with Crippen LogP contribution in [0.25, 0.3) is 0 Å². The van der Waals surface area contributed by atoms with Crippen molar-refractivity contribution in [2.75, 3.05) is 13.2 Å². The van der Waals surface area contributed by atoms with Gasteiger partial charge in [0.1, 0.15) is 13.2 Å². The molecule has 6 heteroatoms. The number of aliphatic carboxylic acids is 1. The van der Waals surface area contributed by atoms with Crippen LogP contribution in [-0.4, -0.2) is 47.0 Å². The van der Waals surface area contributed by atoms with E-state index in [-0.39, 0.29) is 31.1 Å². The van der Waals surface area contributed by atoms with Gasteiger partial charge in [-0.3, -0.25) is 19.3 Å². The molecular formula is C12H19NO5. The topological polar surface area (TPSA) is 83.9 Å². The first-order valence-electron chi connectivity index (χ1n) is 6.09. The molecule has 0 aromatic heterocycles. The first-order chi connectivity index (χ1) is 8.43. The predicted octanol–water partition coefficient (Wildman–Crippen LogP) is 0.651. The summed E-state index contributed by atoms with van der Waals surface area (Å²) in [6.07, 6.45) is 1.84. The van der Waals surface area contributed by atoms with E-state index in [0.717, 1.165) is 0 Å². The molecule has 2 atom stereocenters. The molecule has 0 spiro atoms. The summed E-state index contributed by atoms with van der Waals surface area (Å²) in [5, 5.41) is 8.74. The highest BCUT2D eigenvalue weighted by atomic mass is 16.5. The smallest absolute Gasteiger partial charge is 0.306 e. The Hall–Kier alpha value is -1.43. The highest BCUT2D eigenvalue weighted by molar-refractivity contribution is 5.98. The minimum absolute atomic E-state index is 0.0540. The van der Waals surface area contributed by atoms with Crippen LogP contribution in [-0.2, 0) is 19.1 Å². The van der Waals surface area contributed by atoms with Crippen molar-refractivity contribution in [3.05, 3.63) is 0 Å². The number of carboxylic acids is 1. The maximum absolute atomic E-state index is 11.5. The van der Waals surface area contributed by atoms with Gasteiger partial charge in [-0.15, -0.1) is 0 Å². The van der Waals surface area contributed by atoms with Crippen LogP contribution in [0.15, 0.2) is 0 Å². The Balaban J connectivity index is 2.40.